The predicted octanol–water partition coefficient (Wildman–Crippen LogP) is 15.8. The first kappa shape index (κ1) is 47.1. The molecule has 11 rings (SSSR count). The van der Waals surface area contributed by atoms with E-state index in [0.717, 1.165) is 56.0 Å². The molecule has 2 unspecified atom stereocenters. The zero-order valence-corrected chi connectivity index (χ0v) is 41.3. The van der Waals surface area contributed by atoms with Crippen molar-refractivity contribution in [3.8, 4) is 67.1 Å². The van der Waals surface area contributed by atoms with Gasteiger partial charge in [0.05, 0.1) is 18.6 Å². The van der Waals surface area contributed by atoms with E-state index < -0.39 is 5.41 Å². The minimum absolute atomic E-state index is 0.0461. The van der Waals surface area contributed by atoms with Crippen molar-refractivity contribution < 1.29 is 19.7 Å². The van der Waals surface area contributed by atoms with Crippen LogP contribution >= 0.6 is 0 Å². The Morgan fingerprint density at radius 3 is 1.08 bits per heavy atom. The van der Waals surface area contributed by atoms with Crippen molar-refractivity contribution in [3.63, 3.8) is 0 Å². The third-order valence-corrected chi connectivity index (χ3v) is 14.9. The average Bonchev–Trinajstić information content (AvgIpc) is 3.76. The summed E-state index contributed by atoms with van der Waals surface area (Å²) in [5.41, 5.74) is 20.0. The molecule has 73 heavy (non-hydrogen) atoms. The first-order valence-corrected chi connectivity index (χ1v) is 25.4. The van der Waals surface area contributed by atoms with Crippen molar-refractivity contribution in [2.45, 2.75) is 31.1 Å². The molecule has 0 aromatic heterocycles. The second kappa shape index (κ2) is 20.8. The highest BCUT2D eigenvalue weighted by Gasteiger charge is 2.47. The van der Waals surface area contributed by atoms with Crippen LogP contribution < -0.4 is 9.47 Å². The standard InChI is InChI=1S/C69H58O4/c1-47(49-17-7-3-8-18-49)61-43-57(31-35-67(61)72-39-37-70)53-25-15-27-59(41-53)69(60-28-16-26-54(42-60)58-32-36-68(73-40-38-71)62(44-58)48(2)50-19-9-4-10-20-50)65-33-29-55(51-21-11-5-12-22-51)45-63(65)64-46-56(30-34-66(64)69)52-23-13-6-14-24-52/h3-36,41-48,70-71H,37-40H2,1-2H3. The van der Waals surface area contributed by atoms with Crippen LogP contribution in [0.3, 0.4) is 0 Å². The van der Waals surface area contributed by atoms with Gasteiger partial charge < -0.3 is 19.7 Å². The molecule has 0 saturated heterocycles. The first-order chi connectivity index (χ1) is 35.9. The molecule has 0 heterocycles. The van der Waals surface area contributed by atoms with E-state index in [1.165, 1.54) is 55.6 Å². The van der Waals surface area contributed by atoms with Gasteiger partial charge >= 0.3 is 0 Å². The molecule has 10 aromatic carbocycles. The number of fused-ring (bicyclic) bond motifs is 3. The average molecular weight is 951 g/mol. The summed E-state index contributed by atoms with van der Waals surface area (Å²) in [5, 5.41) is 19.6. The van der Waals surface area contributed by atoms with Gasteiger partial charge in [-0.2, -0.15) is 0 Å². The number of hydrogen-bond acceptors (Lipinski definition) is 4. The molecule has 1 aliphatic carbocycles. The van der Waals surface area contributed by atoms with E-state index in [-0.39, 0.29) is 38.3 Å². The normalized spacial score (nSPS) is 13.2. The Kier molecular flexibility index (Phi) is 13.4. The zero-order chi connectivity index (χ0) is 49.7. The molecule has 0 bridgehead atoms. The van der Waals surface area contributed by atoms with Crippen molar-refractivity contribution in [2.75, 3.05) is 26.4 Å². The van der Waals surface area contributed by atoms with Crippen LogP contribution in [0.15, 0.2) is 243 Å². The molecule has 0 amide bonds. The number of aliphatic hydroxyl groups excluding tert-OH is 2. The summed E-state index contributed by atoms with van der Waals surface area (Å²) >= 11 is 0. The lowest BCUT2D eigenvalue weighted by molar-refractivity contribution is 0.200. The Bertz CT molecular complexity index is 3280. The summed E-state index contributed by atoms with van der Waals surface area (Å²) in [6.07, 6.45) is 0. The Balaban J connectivity index is 1.14. The minimum Gasteiger partial charge on any atom is -0.491 e. The molecule has 2 atom stereocenters. The number of hydrogen-bond donors (Lipinski definition) is 2. The first-order valence-electron chi connectivity index (χ1n) is 25.4. The lowest BCUT2D eigenvalue weighted by Crippen LogP contribution is -2.28. The Morgan fingerprint density at radius 2 is 0.685 bits per heavy atom. The minimum atomic E-state index is -0.740. The van der Waals surface area contributed by atoms with Crippen LogP contribution in [-0.4, -0.2) is 36.6 Å². The Labute approximate surface area is 429 Å². The van der Waals surface area contributed by atoms with Crippen LogP contribution in [-0.2, 0) is 5.41 Å². The van der Waals surface area contributed by atoms with Gasteiger partial charge in [0.25, 0.3) is 0 Å². The topological polar surface area (TPSA) is 58.9 Å². The third-order valence-electron chi connectivity index (χ3n) is 14.9. The summed E-state index contributed by atoms with van der Waals surface area (Å²) in [6, 6.07) is 87.8. The van der Waals surface area contributed by atoms with Gasteiger partial charge in [0.15, 0.2) is 0 Å². The van der Waals surface area contributed by atoms with Crippen molar-refractivity contribution in [2.24, 2.45) is 0 Å². The van der Waals surface area contributed by atoms with E-state index >= 15 is 0 Å². The third kappa shape index (κ3) is 9.06. The van der Waals surface area contributed by atoms with Crippen LogP contribution in [0.1, 0.15) is 70.2 Å². The van der Waals surface area contributed by atoms with Gasteiger partial charge in [-0.1, -0.05) is 208 Å². The Morgan fingerprint density at radius 1 is 0.342 bits per heavy atom. The van der Waals surface area contributed by atoms with Crippen LogP contribution in [0, 0.1) is 0 Å². The largest absolute Gasteiger partial charge is 0.491 e. The van der Waals surface area contributed by atoms with Gasteiger partial charge in [-0.25, -0.2) is 0 Å². The fourth-order valence-electron chi connectivity index (χ4n) is 11.2. The number of rotatable bonds is 16. The highest BCUT2D eigenvalue weighted by Crippen LogP contribution is 2.58. The molecule has 2 N–H and O–H groups in total. The molecule has 0 spiro atoms. The highest BCUT2D eigenvalue weighted by molar-refractivity contribution is 5.92. The summed E-state index contributed by atoms with van der Waals surface area (Å²) in [6.45, 7) is 4.76. The fourth-order valence-corrected chi connectivity index (χ4v) is 11.2. The predicted molar refractivity (Wildman–Crippen MR) is 299 cm³/mol. The maximum absolute atomic E-state index is 9.81. The number of ether oxygens (including phenoxy) is 2. The Hall–Kier alpha value is -8.28. The molecule has 4 heteroatoms. The second-order valence-electron chi connectivity index (χ2n) is 19.1. The van der Waals surface area contributed by atoms with Crippen molar-refractivity contribution >= 4 is 0 Å². The SMILES string of the molecule is CC(c1ccccc1)c1cc(-c2cccc(C3(c4cccc(-c5ccc(OCCO)c(C(C)c6ccccc6)c5)c4)c4ccc(-c5ccccc5)cc4-c4cc(-c5ccccc5)ccc43)c2)ccc1OCCO. The summed E-state index contributed by atoms with van der Waals surface area (Å²) in [5.74, 6) is 1.64. The lowest BCUT2D eigenvalue weighted by atomic mass is 9.66. The van der Waals surface area contributed by atoms with E-state index in [9.17, 15) is 10.2 Å². The molecular weight excluding hydrogens is 893 g/mol. The van der Waals surface area contributed by atoms with Gasteiger partial charge in [-0.3, -0.25) is 0 Å². The molecule has 0 fully saturated rings. The van der Waals surface area contributed by atoms with Crippen LogP contribution in [0.4, 0.5) is 0 Å². The molecule has 0 aliphatic heterocycles. The maximum atomic E-state index is 9.81. The quantitative estimate of drug-likeness (QED) is 0.101. The van der Waals surface area contributed by atoms with Gasteiger partial charge in [-0.05, 0) is 138 Å². The molecule has 0 saturated carbocycles. The monoisotopic (exact) mass is 950 g/mol. The van der Waals surface area contributed by atoms with Crippen LogP contribution in [0.2, 0.25) is 0 Å². The molecule has 1 aliphatic rings. The van der Waals surface area contributed by atoms with Crippen LogP contribution in [0.25, 0.3) is 55.6 Å². The van der Waals surface area contributed by atoms with E-state index in [4.69, 9.17) is 9.47 Å². The number of aliphatic hydroxyl groups is 2. The van der Waals surface area contributed by atoms with Crippen molar-refractivity contribution in [1.82, 2.24) is 0 Å². The fraction of sp³-hybridized carbons (Fsp3) is 0.130. The zero-order valence-electron chi connectivity index (χ0n) is 41.3. The molecule has 358 valence electrons. The van der Waals surface area contributed by atoms with Crippen molar-refractivity contribution in [1.29, 1.82) is 0 Å². The second-order valence-corrected chi connectivity index (χ2v) is 19.1. The highest BCUT2D eigenvalue weighted by atomic mass is 16.5. The van der Waals surface area contributed by atoms with Gasteiger partial charge in [0.1, 0.15) is 24.7 Å². The molecule has 0 radical (unpaired) electrons. The van der Waals surface area contributed by atoms with Crippen molar-refractivity contribution in [3.05, 3.63) is 287 Å². The van der Waals surface area contributed by atoms with E-state index in [1.807, 2.05) is 12.1 Å². The van der Waals surface area contributed by atoms with Gasteiger partial charge in [-0.15, -0.1) is 0 Å². The van der Waals surface area contributed by atoms with E-state index in [2.05, 4.69) is 244 Å². The summed E-state index contributed by atoms with van der Waals surface area (Å²) < 4.78 is 12.4. The maximum Gasteiger partial charge on any atom is 0.123 e. The summed E-state index contributed by atoms with van der Waals surface area (Å²) in [4.78, 5) is 0. The number of benzene rings is 10. The van der Waals surface area contributed by atoms with Gasteiger partial charge in [0, 0.05) is 23.0 Å². The van der Waals surface area contributed by atoms with Gasteiger partial charge in [0.2, 0.25) is 0 Å². The molecule has 4 nitrogen and oxygen atoms in total. The van der Waals surface area contributed by atoms with E-state index in [1.54, 1.807) is 0 Å². The summed E-state index contributed by atoms with van der Waals surface area (Å²) in [7, 11) is 0. The van der Waals surface area contributed by atoms with Crippen LogP contribution in [0.5, 0.6) is 11.5 Å². The lowest BCUT2D eigenvalue weighted by Gasteiger charge is -2.35. The smallest absolute Gasteiger partial charge is 0.123 e. The molecule has 10 aromatic rings. The van der Waals surface area contributed by atoms with E-state index in [0.29, 0.717) is 0 Å². The molecular formula is C69H58O4.